The van der Waals surface area contributed by atoms with Crippen LogP contribution in [0.25, 0.3) is 0 Å². The Morgan fingerprint density at radius 1 is 1.04 bits per heavy atom. The van der Waals surface area contributed by atoms with Crippen molar-refractivity contribution in [3.05, 3.63) is 29.3 Å². The van der Waals surface area contributed by atoms with Crippen molar-refractivity contribution in [2.24, 2.45) is 5.92 Å². The largest absolute Gasteiger partial charge is 0.449 e. The van der Waals surface area contributed by atoms with Gasteiger partial charge in [-0.1, -0.05) is 25.3 Å². The molecular formula is C23H33N3O2. The number of anilines is 1. The number of piperidine rings is 1. The summed E-state index contributed by atoms with van der Waals surface area (Å²) in [6.45, 7) is 5.64. The average molecular weight is 384 g/mol. The number of ether oxygens (including phenoxy) is 1. The molecule has 4 aliphatic rings. The molecule has 2 aliphatic heterocycles. The maximum absolute atomic E-state index is 12.9. The Morgan fingerprint density at radius 2 is 1.86 bits per heavy atom. The van der Waals surface area contributed by atoms with Gasteiger partial charge in [-0.05, 0) is 60.8 Å². The third-order valence-electron chi connectivity index (χ3n) is 7.36. The van der Waals surface area contributed by atoms with E-state index in [0.717, 1.165) is 45.6 Å². The first kappa shape index (κ1) is 18.3. The van der Waals surface area contributed by atoms with Gasteiger partial charge in [0.1, 0.15) is 0 Å². The van der Waals surface area contributed by atoms with Crippen LogP contribution in [0.15, 0.2) is 18.2 Å². The number of likely N-dealkylation sites (tertiary alicyclic amines) is 1. The van der Waals surface area contributed by atoms with E-state index in [1.807, 2.05) is 4.90 Å². The van der Waals surface area contributed by atoms with E-state index in [4.69, 9.17) is 4.74 Å². The highest BCUT2D eigenvalue weighted by atomic mass is 16.6. The van der Waals surface area contributed by atoms with Crippen LogP contribution in [0.1, 0.15) is 68.0 Å². The zero-order valence-corrected chi connectivity index (χ0v) is 16.9. The molecule has 1 aromatic carbocycles. The number of amides is 1. The van der Waals surface area contributed by atoms with E-state index >= 15 is 0 Å². The standard InChI is InChI=1S/C23H33N3O2/c27-23(28-16-17-4-2-1-3-5-17)26-11-8-18-14-22(26)21-15-19(6-7-20(18)21)25-12-9-24-10-13-25/h6-7,15,17-18,22,24H,1-5,8-14,16H2/t18-,22?/m0/s1. The molecule has 1 aromatic rings. The molecule has 5 heteroatoms. The highest BCUT2D eigenvalue weighted by Crippen LogP contribution is 2.50. The lowest BCUT2D eigenvalue weighted by atomic mass is 9.90. The van der Waals surface area contributed by atoms with E-state index in [2.05, 4.69) is 28.4 Å². The maximum atomic E-state index is 12.9. The van der Waals surface area contributed by atoms with Gasteiger partial charge in [0, 0.05) is 38.4 Å². The van der Waals surface area contributed by atoms with Crippen LogP contribution in [0, 0.1) is 5.92 Å². The van der Waals surface area contributed by atoms with E-state index in [-0.39, 0.29) is 12.1 Å². The summed E-state index contributed by atoms with van der Waals surface area (Å²) >= 11 is 0. The van der Waals surface area contributed by atoms with Gasteiger partial charge in [0.15, 0.2) is 0 Å². The molecule has 0 radical (unpaired) electrons. The first-order valence-corrected chi connectivity index (χ1v) is 11.3. The van der Waals surface area contributed by atoms with E-state index in [1.165, 1.54) is 48.9 Å². The minimum absolute atomic E-state index is 0.0885. The molecule has 0 aromatic heterocycles. The van der Waals surface area contributed by atoms with Gasteiger partial charge in [-0.15, -0.1) is 0 Å². The molecule has 2 bridgehead atoms. The summed E-state index contributed by atoms with van der Waals surface area (Å²) in [4.78, 5) is 17.4. The lowest BCUT2D eigenvalue weighted by molar-refractivity contribution is 0.0582. The Hall–Kier alpha value is -1.75. The molecular weight excluding hydrogens is 350 g/mol. The number of carbonyl (C=O) groups is 1. The molecule has 2 saturated heterocycles. The Bertz CT molecular complexity index is 710. The van der Waals surface area contributed by atoms with Crippen molar-refractivity contribution in [1.29, 1.82) is 0 Å². The van der Waals surface area contributed by atoms with Crippen molar-refractivity contribution >= 4 is 11.8 Å². The molecule has 1 amide bonds. The lowest BCUT2D eigenvalue weighted by Gasteiger charge is -2.34. The number of carbonyl (C=O) groups excluding carboxylic acids is 1. The SMILES string of the molecule is O=C(OCC1CCCCC1)N1CC[C@H]2CC1c1cc(N3CCNCC3)ccc12. The first-order chi connectivity index (χ1) is 13.8. The number of nitrogens with zero attached hydrogens (tertiary/aromatic N) is 2. The van der Waals surface area contributed by atoms with Gasteiger partial charge in [-0.25, -0.2) is 4.79 Å². The summed E-state index contributed by atoms with van der Waals surface area (Å²) in [6, 6.07) is 7.18. The molecule has 0 spiro atoms. The number of hydrogen-bond acceptors (Lipinski definition) is 4. The van der Waals surface area contributed by atoms with E-state index in [0.29, 0.717) is 18.4 Å². The molecule has 2 atom stereocenters. The minimum Gasteiger partial charge on any atom is -0.449 e. The summed E-state index contributed by atoms with van der Waals surface area (Å²) in [6.07, 6.45) is 8.40. The second-order valence-electron chi connectivity index (χ2n) is 9.06. The van der Waals surface area contributed by atoms with Crippen LogP contribution in [0.2, 0.25) is 0 Å². The molecule has 28 heavy (non-hydrogen) atoms. The summed E-state index contributed by atoms with van der Waals surface area (Å²) < 4.78 is 5.80. The smallest absolute Gasteiger partial charge is 0.410 e. The van der Waals surface area contributed by atoms with E-state index < -0.39 is 0 Å². The molecule has 1 saturated carbocycles. The summed E-state index contributed by atoms with van der Waals surface area (Å²) in [7, 11) is 0. The molecule has 2 aliphatic carbocycles. The van der Waals surface area contributed by atoms with Crippen LogP contribution in [0.4, 0.5) is 10.5 Å². The number of benzene rings is 1. The summed E-state index contributed by atoms with van der Waals surface area (Å²) in [5, 5.41) is 3.43. The Kier molecular flexibility index (Phi) is 5.19. The van der Waals surface area contributed by atoms with Crippen molar-refractivity contribution in [1.82, 2.24) is 10.2 Å². The van der Waals surface area contributed by atoms with Gasteiger partial charge in [-0.2, -0.15) is 0 Å². The third kappa shape index (κ3) is 3.49. The number of hydrogen-bond donors (Lipinski definition) is 1. The fourth-order valence-corrected chi connectivity index (χ4v) is 5.73. The van der Waals surface area contributed by atoms with Gasteiger partial charge in [-0.3, -0.25) is 0 Å². The first-order valence-electron chi connectivity index (χ1n) is 11.3. The zero-order chi connectivity index (χ0) is 18.9. The van der Waals surface area contributed by atoms with Crippen molar-refractivity contribution in [3.63, 3.8) is 0 Å². The molecule has 3 fully saturated rings. The number of piperazine rings is 1. The Morgan fingerprint density at radius 3 is 2.68 bits per heavy atom. The van der Waals surface area contributed by atoms with Crippen LogP contribution in [-0.2, 0) is 4.74 Å². The second-order valence-corrected chi connectivity index (χ2v) is 9.06. The van der Waals surface area contributed by atoms with Crippen molar-refractivity contribution in [3.8, 4) is 0 Å². The third-order valence-corrected chi connectivity index (χ3v) is 7.36. The van der Waals surface area contributed by atoms with Crippen molar-refractivity contribution in [2.45, 2.75) is 56.9 Å². The van der Waals surface area contributed by atoms with Crippen LogP contribution >= 0.6 is 0 Å². The number of fused-ring (bicyclic) bond motifs is 5. The molecule has 2 heterocycles. The summed E-state index contributed by atoms with van der Waals surface area (Å²) in [5.41, 5.74) is 4.14. The van der Waals surface area contributed by atoms with Crippen LogP contribution in [0.5, 0.6) is 0 Å². The minimum atomic E-state index is -0.0885. The van der Waals surface area contributed by atoms with E-state index in [9.17, 15) is 4.79 Å². The quantitative estimate of drug-likeness (QED) is 0.855. The normalized spacial score (nSPS) is 27.6. The monoisotopic (exact) mass is 383 g/mol. The number of rotatable bonds is 3. The lowest BCUT2D eigenvalue weighted by Crippen LogP contribution is -2.43. The molecule has 5 nitrogen and oxygen atoms in total. The number of nitrogens with one attached hydrogen (secondary N) is 1. The highest BCUT2D eigenvalue weighted by Gasteiger charge is 2.41. The zero-order valence-electron chi connectivity index (χ0n) is 16.9. The van der Waals surface area contributed by atoms with Gasteiger partial charge in [0.25, 0.3) is 0 Å². The van der Waals surface area contributed by atoms with Gasteiger partial charge in [0.2, 0.25) is 0 Å². The predicted octanol–water partition coefficient (Wildman–Crippen LogP) is 4.05. The molecule has 1 unspecified atom stereocenters. The highest BCUT2D eigenvalue weighted by molar-refractivity contribution is 5.70. The second kappa shape index (κ2) is 7.94. The van der Waals surface area contributed by atoms with Crippen LogP contribution in [0.3, 0.4) is 0 Å². The summed E-state index contributed by atoms with van der Waals surface area (Å²) in [5.74, 6) is 1.19. The van der Waals surface area contributed by atoms with E-state index in [1.54, 1.807) is 0 Å². The maximum Gasteiger partial charge on any atom is 0.410 e. The van der Waals surface area contributed by atoms with Gasteiger partial charge in [0.05, 0.1) is 12.6 Å². The van der Waals surface area contributed by atoms with Crippen molar-refractivity contribution < 1.29 is 9.53 Å². The fraction of sp³-hybridized carbons (Fsp3) is 0.696. The predicted molar refractivity (Wildman–Crippen MR) is 111 cm³/mol. The Balaban J connectivity index is 1.29. The topological polar surface area (TPSA) is 44.8 Å². The molecule has 1 N–H and O–H groups in total. The molecule has 5 rings (SSSR count). The van der Waals surface area contributed by atoms with Crippen LogP contribution in [-0.4, -0.2) is 50.3 Å². The van der Waals surface area contributed by atoms with Gasteiger partial charge < -0.3 is 19.9 Å². The van der Waals surface area contributed by atoms with Crippen molar-refractivity contribution in [2.75, 3.05) is 44.2 Å². The van der Waals surface area contributed by atoms with Gasteiger partial charge >= 0.3 is 6.09 Å². The fourth-order valence-electron chi connectivity index (χ4n) is 5.73. The average Bonchev–Trinajstić information content (AvgIpc) is 3.05. The van der Waals surface area contributed by atoms with Crippen LogP contribution < -0.4 is 10.2 Å². The Labute approximate surface area is 168 Å². The molecule has 152 valence electrons.